The number of carboxylic acid groups (broad SMARTS) is 1. The molecule has 0 bridgehead atoms. The number of nitrogens with one attached hydrogen (secondary N) is 1. The summed E-state index contributed by atoms with van der Waals surface area (Å²) in [6.45, 7) is 0.0286. The first kappa shape index (κ1) is 20.6. The minimum atomic E-state index is -1.00. The van der Waals surface area contributed by atoms with Crippen LogP contribution in [0.3, 0.4) is 0 Å². The van der Waals surface area contributed by atoms with Gasteiger partial charge in [0.1, 0.15) is 0 Å². The Morgan fingerprint density at radius 2 is 1.83 bits per heavy atom. The lowest BCUT2D eigenvalue weighted by Crippen LogP contribution is -2.25. The van der Waals surface area contributed by atoms with Crippen LogP contribution in [0.15, 0.2) is 66.2 Å². The number of carboxylic acids is 1. The van der Waals surface area contributed by atoms with Gasteiger partial charge in [0.15, 0.2) is 18.2 Å². The van der Waals surface area contributed by atoms with E-state index < -0.39 is 11.9 Å². The number of aromatic carboxylic acids is 1. The molecule has 1 heterocycles. The number of rotatable bonds is 6. The molecule has 3 rings (SSSR count). The Balaban J connectivity index is 1.86. The van der Waals surface area contributed by atoms with Crippen LogP contribution in [0.1, 0.15) is 10.4 Å². The summed E-state index contributed by atoms with van der Waals surface area (Å²) in [6, 6.07) is 11.2. The molecule has 2 N–H and O–H groups in total. The minimum Gasteiger partial charge on any atom is -0.478 e. The molecule has 0 saturated carbocycles. The minimum absolute atomic E-state index is 0.0286. The number of hydrogen-bond donors (Lipinski definition) is 2. The van der Waals surface area contributed by atoms with Crippen molar-refractivity contribution in [2.24, 2.45) is 0 Å². The van der Waals surface area contributed by atoms with Crippen LogP contribution in [0.5, 0.6) is 0 Å². The van der Waals surface area contributed by atoms with E-state index in [2.05, 4.69) is 5.32 Å². The second-order valence-corrected chi connectivity index (χ2v) is 6.65. The van der Waals surface area contributed by atoms with Crippen molar-refractivity contribution in [1.82, 2.24) is 0 Å². The zero-order valence-corrected chi connectivity index (χ0v) is 16.7. The number of hydrogen-bond acceptors (Lipinski definition) is 6. The van der Waals surface area contributed by atoms with Gasteiger partial charge in [-0.3, -0.25) is 4.90 Å². The molecule has 0 aromatic heterocycles. The predicted octanol–water partition coefficient (Wildman–Crippen LogP) is 4.50. The number of para-hydroxylation sites is 1. The Morgan fingerprint density at radius 1 is 1.17 bits per heavy atom. The zero-order chi connectivity index (χ0) is 21.0. The Hall–Kier alpha value is -3.16. The summed E-state index contributed by atoms with van der Waals surface area (Å²) < 4.78 is 10.5. The van der Waals surface area contributed by atoms with Gasteiger partial charge in [-0.25, -0.2) is 9.59 Å². The van der Waals surface area contributed by atoms with Crippen LogP contribution in [-0.4, -0.2) is 30.9 Å². The van der Waals surface area contributed by atoms with Crippen molar-refractivity contribution in [1.29, 1.82) is 0 Å². The predicted molar refractivity (Wildman–Crippen MR) is 110 cm³/mol. The smallest absolute Gasteiger partial charge is 0.358 e. The van der Waals surface area contributed by atoms with Crippen molar-refractivity contribution >= 4 is 46.5 Å². The third kappa shape index (κ3) is 4.47. The quantitative estimate of drug-likeness (QED) is 0.647. The van der Waals surface area contributed by atoms with Gasteiger partial charge in [-0.05, 0) is 42.5 Å². The van der Waals surface area contributed by atoms with Crippen LogP contribution in [0.25, 0.3) is 0 Å². The van der Waals surface area contributed by atoms with Crippen molar-refractivity contribution in [2.45, 2.75) is 0 Å². The molecular weight excluding hydrogens is 419 g/mol. The fourth-order valence-corrected chi connectivity index (χ4v) is 3.28. The van der Waals surface area contributed by atoms with Gasteiger partial charge in [0.05, 0.1) is 28.4 Å². The number of benzene rings is 2. The number of carbonyl (C=O) groups is 2. The van der Waals surface area contributed by atoms with Gasteiger partial charge >= 0.3 is 11.9 Å². The third-order valence-corrected chi connectivity index (χ3v) is 4.67. The van der Waals surface area contributed by atoms with E-state index in [0.29, 0.717) is 21.4 Å². The summed E-state index contributed by atoms with van der Waals surface area (Å²) in [4.78, 5) is 24.8. The molecule has 0 spiro atoms. The van der Waals surface area contributed by atoms with Crippen LogP contribution >= 0.6 is 23.2 Å². The Labute approximate surface area is 176 Å². The van der Waals surface area contributed by atoms with Crippen molar-refractivity contribution in [3.63, 3.8) is 0 Å². The molecule has 2 aromatic carbocycles. The normalized spacial score (nSPS) is 13.6. The molecule has 1 aliphatic rings. The van der Waals surface area contributed by atoms with Crippen LogP contribution in [-0.2, 0) is 14.3 Å². The van der Waals surface area contributed by atoms with Gasteiger partial charge < -0.3 is 19.9 Å². The van der Waals surface area contributed by atoms with E-state index in [0.717, 1.165) is 0 Å². The maximum absolute atomic E-state index is 12.4. The molecule has 9 heteroatoms. The van der Waals surface area contributed by atoms with E-state index in [1.807, 2.05) is 0 Å². The molecule has 2 aromatic rings. The molecule has 0 saturated heterocycles. The summed E-state index contributed by atoms with van der Waals surface area (Å²) in [5, 5.41) is 12.6. The lowest BCUT2D eigenvalue weighted by Gasteiger charge is -2.20. The first-order valence-corrected chi connectivity index (χ1v) is 9.11. The van der Waals surface area contributed by atoms with Gasteiger partial charge in [-0.2, -0.15) is 0 Å². The van der Waals surface area contributed by atoms with E-state index in [4.69, 9.17) is 37.8 Å². The highest BCUT2D eigenvalue weighted by molar-refractivity contribution is 6.39. The number of halogens is 2. The number of methoxy groups -OCH3 is 1. The molecule has 0 radical (unpaired) electrons. The van der Waals surface area contributed by atoms with E-state index in [9.17, 15) is 9.59 Å². The van der Waals surface area contributed by atoms with Crippen LogP contribution < -0.4 is 10.2 Å². The fourth-order valence-electron chi connectivity index (χ4n) is 2.68. The molecule has 0 unspecified atom stereocenters. The van der Waals surface area contributed by atoms with E-state index in [1.54, 1.807) is 42.6 Å². The lowest BCUT2D eigenvalue weighted by molar-refractivity contribution is -0.136. The zero-order valence-electron chi connectivity index (χ0n) is 15.2. The average molecular weight is 435 g/mol. The molecule has 0 amide bonds. The number of esters is 1. The van der Waals surface area contributed by atoms with Crippen molar-refractivity contribution in [3.8, 4) is 0 Å². The highest BCUT2D eigenvalue weighted by atomic mass is 35.5. The molecular formula is C20H16Cl2N2O5. The van der Waals surface area contributed by atoms with Crippen molar-refractivity contribution in [3.05, 3.63) is 81.8 Å². The van der Waals surface area contributed by atoms with Crippen LogP contribution in [0.4, 0.5) is 11.4 Å². The molecule has 29 heavy (non-hydrogen) atoms. The summed E-state index contributed by atoms with van der Waals surface area (Å²) in [6.07, 6.45) is 3.12. The summed E-state index contributed by atoms with van der Waals surface area (Å²) in [5.41, 5.74) is 1.44. The number of nitrogens with zero attached hydrogens (tertiary/aromatic N) is 1. The third-order valence-electron chi connectivity index (χ3n) is 4.06. The first-order chi connectivity index (χ1) is 13.9. The Kier molecular flexibility index (Phi) is 6.31. The topological polar surface area (TPSA) is 88.1 Å². The van der Waals surface area contributed by atoms with Crippen LogP contribution in [0, 0.1) is 0 Å². The van der Waals surface area contributed by atoms with E-state index >= 15 is 0 Å². The molecule has 7 nitrogen and oxygen atoms in total. The maximum atomic E-state index is 12.4. The standard InChI is InChI=1S/C20H16Cl2N2O5/c1-28-20(27)18-16(9-10-23-13-7-5-12(6-8-13)19(25)26)29-11-24(18)17-14(21)3-2-4-15(17)22/h2-10,23H,11H2,1H3,(H,25,26)/b10-9+. The highest BCUT2D eigenvalue weighted by Gasteiger charge is 2.32. The molecule has 0 fully saturated rings. The molecule has 150 valence electrons. The van der Waals surface area contributed by atoms with Gasteiger partial charge in [-0.15, -0.1) is 0 Å². The Bertz CT molecular complexity index is 982. The molecule has 1 aliphatic heterocycles. The monoisotopic (exact) mass is 434 g/mol. The highest BCUT2D eigenvalue weighted by Crippen LogP contribution is 2.39. The number of ether oxygens (including phenoxy) is 2. The Morgan fingerprint density at radius 3 is 2.41 bits per heavy atom. The summed E-state index contributed by atoms with van der Waals surface area (Å²) >= 11 is 12.5. The molecule has 0 atom stereocenters. The first-order valence-electron chi connectivity index (χ1n) is 8.35. The van der Waals surface area contributed by atoms with Gasteiger partial charge in [0, 0.05) is 11.9 Å². The average Bonchev–Trinajstić information content (AvgIpc) is 3.11. The van der Waals surface area contributed by atoms with E-state index in [-0.39, 0.29) is 23.8 Å². The van der Waals surface area contributed by atoms with Crippen molar-refractivity contribution < 1.29 is 24.2 Å². The van der Waals surface area contributed by atoms with Gasteiger partial charge in [-0.1, -0.05) is 29.3 Å². The maximum Gasteiger partial charge on any atom is 0.358 e. The number of anilines is 2. The number of carbonyl (C=O) groups excluding carboxylic acids is 1. The molecule has 0 aliphatic carbocycles. The fraction of sp³-hybridized carbons (Fsp3) is 0.100. The van der Waals surface area contributed by atoms with Crippen LogP contribution in [0.2, 0.25) is 10.0 Å². The number of allylic oxidation sites excluding steroid dienone is 1. The lowest BCUT2D eigenvalue weighted by atomic mass is 10.2. The van der Waals surface area contributed by atoms with Crippen molar-refractivity contribution in [2.75, 3.05) is 24.1 Å². The summed E-state index contributed by atoms with van der Waals surface area (Å²) in [5.74, 6) is -1.34. The second-order valence-electron chi connectivity index (χ2n) is 5.84. The van der Waals surface area contributed by atoms with Gasteiger partial charge in [0.2, 0.25) is 0 Å². The van der Waals surface area contributed by atoms with E-state index in [1.165, 1.54) is 24.1 Å². The SMILES string of the molecule is COC(=O)C1=C(/C=C/Nc2ccc(C(=O)O)cc2)OCN1c1c(Cl)cccc1Cl. The summed E-state index contributed by atoms with van der Waals surface area (Å²) in [7, 11) is 1.27. The second kappa shape index (κ2) is 8.89. The van der Waals surface area contributed by atoms with Gasteiger partial charge in [0.25, 0.3) is 0 Å². The largest absolute Gasteiger partial charge is 0.478 e.